The largest absolute Gasteiger partial charge is 0.497 e. The van der Waals surface area contributed by atoms with Crippen LogP contribution in [0.25, 0.3) is 5.57 Å². The fourth-order valence-electron chi connectivity index (χ4n) is 3.44. The standard InChI is InChI=1S/C25H22N2O4/c1-16-7-11-18(12-8-16)26-23-22(17-9-13-20(30-2)14-10-17)24(28)27(25(23)29)19-5-4-6-21(15-19)31-3/h4-15,26H,1-3H3. The zero-order valence-corrected chi connectivity index (χ0v) is 17.5. The second-order valence-corrected chi connectivity index (χ2v) is 7.12. The highest BCUT2D eigenvalue weighted by Gasteiger charge is 2.40. The highest BCUT2D eigenvalue weighted by atomic mass is 16.5. The normalized spacial score (nSPS) is 13.6. The number of amides is 2. The molecule has 0 aliphatic carbocycles. The summed E-state index contributed by atoms with van der Waals surface area (Å²) < 4.78 is 10.5. The lowest BCUT2D eigenvalue weighted by Gasteiger charge is -2.16. The Morgan fingerprint density at radius 2 is 1.45 bits per heavy atom. The third-order valence-electron chi connectivity index (χ3n) is 5.10. The Balaban J connectivity index is 1.80. The van der Waals surface area contributed by atoms with E-state index < -0.39 is 11.8 Å². The van der Waals surface area contributed by atoms with Gasteiger partial charge in [0.05, 0.1) is 25.5 Å². The van der Waals surface area contributed by atoms with Gasteiger partial charge in [-0.25, -0.2) is 4.90 Å². The smallest absolute Gasteiger partial charge is 0.282 e. The highest BCUT2D eigenvalue weighted by Crippen LogP contribution is 2.35. The number of hydrogen-bond acceptors (Lipinski definition) is 5. The van der Waals surface area contributed by atoms with Crippen molar-refractivity contribution in [1.82, 2.24) is 0 Å². The van der Waals surface area contributed by atoms with Gasteiger partial charge in [0.2, 0.25) is 0 Å². The average molecular weight is 414 g/mol. The first-order valence-electron chi connectivity index (χ1n) is 9.77. The molecule has 3 aromatic carbocycles. The number of rotatable bonds is 6. The molecule has 31 heavy (non-hydrogen) atoms. The van der Waals surface area contributed by atoms with Crippen LogP contribution in [0.15, 0.2) is 78.5 Å². The molecule has 0 radical (unpaired) electrons. The van der Waals surface area contributed by atoms with Crippen molar-refractivity contribution >= 4 is 28.8 Å². The van der Waals surface area contributed by atoms with E-state index in [4.69, 9.17) is 9.47 Å². The van der Waals surface area contributed by atoms with Crippen LogP contribution >= 0.6 is 0 Å². The van der Waals surface area contributed by atoms with Crippen LogP contribution < -0.4 is 19.7 Å². The van der Waals surface area contributed by atoms with E-state index in [2.05, 4.69) is 5.32 Å². The van der Waals surface area contributed by atoms with E-state index in [0.717, 1.165) is 11.3 Å². The fourth-order valence-corrected chi connectivity index (χ4v) is 3.44. The molecule has 1 N–H and O–H groups in total. The maximum atomic E-state index is 13.5. The number of imide groups is 1. The number of hydrogen-bond donors (Lipinski definition) is 1. The lowest BCUT2D eigenvalue weighted by molar-refractivity contribution is -0.120. The minimum Gasteiger partial charge on any atom is -0.497 e. The van der Waals surface area contributed by atoms with E-state index in [9.17, 15) is 9.59 Å². The summed E-state index contributed by atoms with van der Waals surface area (Å²) in [6.45, 7) is 1.99. The number of nitrogens with zero attached hydrogens (tertiary/aromatic N) is 1. The summed E-state index contributed by atoms with van der Waals surface area (Å²) in [5, 5.41) is 3.16. The van der Waals surface area contributed by atoms with Crippen LogP contribution in [0, 0.1) is 6.92 Å². The van der Waals surface area contributed by atoms with Gasteiger partial charge in [-0.15, -0.1) is 0 Å². The van der Waals surface area contributed by atoms with Crippen molar-refractivity contribution < 1.29 is 19.1 Å². The summed E-state index contributed by atoms with van der Waals surface area (Å²) in [5.41, 5.74) is 3.42. The third kappa shape index (κ3) is 3.88. The SMILES string of the molecule is COc1ccc(C2=C(Nc3ccc(C)cc3)C(=O)N(c3cccc(OC)c3)C2=O)cc1. The van der Waals surface area contributed by atoms with Crippen molar-refractivity contribution in [2.75, 3.05) is 24.4 Å². The van der Waals surface area contributed by atoms with Crippen LogP contribution in [0.3, 0.4) is 0 Å². The van der Waals surface area contributed by atoms with Gasteiger partial charge in [-0.05, 0) is 48.9 Å². The lowest BCUT2D eigenvalue weighted by atomic mass is 10.0. The molecule has 6 nitrogen and oxygen atoms in total. The summed E-state index contributed by atoms with van der Waals surface area (Å²) in [5.74, 6) is 0.394. The van der Waals surface area contributed by atoms with E-state index in [0.29, 0.717) is 28.3 Å². The monoisotopic (exact) mass is 414 g/mol. The van der Waals surface area contributed by atoms with Crippen LogP contribution in [0.5, 0.6) is 11.5 Å². The Hall–Kier alpha value is -4.06. The Morgan fingerprint density at radius 1 is 0.774 bits per heavy atom. The molecule has 0 aromatic heterocycles. The number of nitrogens with one attached hydrogen (secondary N) is 1. The first-order valence-corrected chi connectivity index (χ1v) is 9.77. The predicted octanol–water partition coefficient (Wildman–Crippen LogP) is 4.41. The zero-order chi connectivity index (χ0) is 22.0. The van der Waals surface area contributed by atoms with Crippen molar-refractivity contribution in [1.29, 1.82) is 0 Å². The van der Waals surface area contributed by atoms with Crippen LogP contribution in [0.1, 0.15) is 11.1 Å². The van der Waals surface area contributed by atoms with E-state index in [1.165, 1.54) is 12.0 Å². The Morgan fingerprint density at radius 3 is 2.10 bits per heavy atom. The number of methoxy groups -OCH3 is 2. The minimum atomic E-state index is -0.426. The van der Waals surface area contributed by atoms with Crippen molar-refractivity contribution in [2.45, 2.75) is 6.92 Å². The molecule has 1 aliphatic rings. The van der Waals surface area contributed by atoms with Gasteiger partial charge in [0.1, 0.15) is 17.2 Å². The first kappa shape index (κ1) is 20.2. The molecule has 6 heteroatoms. The van der Waals surface area contributed by atoms with Gasteiger partial charge < -0.3 is 14.8 Å². The average Bonchev–Trinajstić information content (AvgIpc) is 3.04. The Kier molecular flexibility index (Phi) is 5.45. The van der Waals surface area contributed by atoms with E-state index in [1.54, 1.807) is 55.6 Å². The molecule has 2 amide bonds. The minimum absolute atomic E-state index is 0.224. The summed E-state index contributed by atoms with van der Waals surface area (Å²) in [7, 11) is 3.12. The lowest BCUT2D eigenvalue weighted by Crippen LogP contribution is -2.32. The van der Waals surface area contributed by atoms with Gasteiger partial charge in [-0.2, -0.15) is 0 Å². The molecule has 0 bridgehead atoms. The molecule has 3 aromatic rings. The van der Waals surface area contributed by atoms with Gasteiger partial charge in [0.25, 0.3) is 11.8 Å². The molecule has 156 valence electrons. The van der Waals surface area contributed by atoms with Crippen molar-refractivity contribution in [2.24, 2.45) is 0 Å². The second-order valence-electron chi connectivity index (χ2n) is 7.12. The van der Waals surface area contributed by atoms with Crippen molar-refractivity contribution in [3.8, 4) is 11.5 Å². The summed E-state index contributed by atoms with van der Waals surface area (Å²) in [6.07, 6.45) is 0. The molecule has 0 saturated heterocycles. The molecule has 1 heterocycles. The number of aryl methyl sites for hydroxylation is 1. The number of ether oxygens (including phenoxy) is 2. The summed E-state index contributed by atoms with van der Waals surface area (Å²) in [4.78, 5) is 28.0. The fraction of sp³-hybridized carbons (Fsp3) is 0.120. The molecule has 0 spiro atoms. The molecule has 0 atom stereocenters. The molecule has 4 rings (SSSR count). The quantitative estimate of drug-likeness (QED) is 0.605. The van der Waals surface area contributed by atoms with Crippen molar-refractivity contribution in [3.05, 3.63) is 89.6 Å². The van der Waals surface area contributed by atoms with Gasteiger partial charge in [-0.3, -0.25) is 9.59 Å². The van der Waals surface area contributed by atoms with Gasteiger partial charge in [0.15, 0.2) is 0 Å². The number of carbonyl (C=O) groups is 2. The Labute approximate surface area is 180 Å². The topological polar surface area (TPSA) is 67.9 Å². The van der Waals surface area contributed by atoms with Gasteiger partial charge in [-0.1, -0.05) is 35.9 Å². The summed E-state index contributed by atoms with van der Waals surface area (Å²) in [6, 6.07) is 21.6. The molecule has 0 fully saturated rings. The molecular formula is C25H22N2O4. The molecule has 1 aliphatic heterocycles. The maximum Gasteiger partial charge on any atom is 0.282 e. The molecular weight excluding hydrogens is 392 g/mol. The van der Waals surface area contributed by atoms with Crippen LogP contribution in [0.2, 0.25) is 0 Å². The zero-order valence-electron chi connectivity index (χ0n) is 17.5. The van der Waals surface area contributed by atoms with Crippen molar-refractivity contribution in [3.63, 3.8) is 0 Å². The predicted molar refractivity (Wildman–Crippen MR) is 120 cm³/mol. The second kappa shape index (κ2) is 8.36. The van der Waals surface area contributed by atoms with E-state index in [-0.39, 0.29) is 5.70 Å². The maximum absolute atomic E-state index is 13.5. The number of carbonyl (C=O) groups excluding carboxylic acids is 2. The van der Waals surface area contributed by atoms with Gasteiger partial charge >= 0.3 is 0 Å². The van der Waals surface area contributed by atoms with E-state index in [1.807, 2.05) is 31.2 Å². The highest BCUT2D eigenvalue weighted by molar-refractivity contribution is 6.46. The Bertz CT molecular complexity index is 1160. The first-order chi connectivity index (χ1) is 15.0. The van der Waals surface area contributed by atoms with Crippen LogP contribution in [0.4, 0.5) is 11.4 Å². The number of benzene rings is 3. The molecule has 0 saturated carbocycles. The van der Waals surface area contributed by atoms with Crippen LogP contribution in [-0.4, -0.2) is 26.0 Å². The number of anilines is 2. The van der Waals surface area contributed by atoms with Crippen LogP contribution in [-0.2, 0) is 9.59 Å². The summed E-state index contributed by atoms with van der Waals surface area (Å²) >= 11 is 0. The third-order valence-corrected chi connectivity index (χ3v) is 5.10. The van der Waals surface area contributed by atoms with E-state index >= 15 is 0 Å². The van der Waals surface area contributed by atoms with Gasteiger partial charge in [0, 0.05) is 11.8 Å². The molecule has 0 unspecified atom stereocenters.